The predicted octanol–water partition coefficient (Wildman–Crippen LogP) is 5.81. The van der Waals surface area contributed by atoms with Crippen LogP contribution in [0, 0.1) is 0 Å². The lowest BCUT2D eigenvalue weighted by atomic mass is 10.00. The van der Waals surface area contributed by atoms with E-state index in [0.29, 0.717) is 27.1 Å². The number of rotatable bonds is 12. The minimum absolute atomic E-state index is 0.0760. The molecule has 4 aromatic rings. The van der Waals surface area contributed by atoms with Crippen molar-refractivity contribution in [3.05, 3.63) is 125 Å². The van der Waals surface area contributed by atoms with Crippen LogP contribution in [-0.2, 0) is 37.6 Å². The molecule has 0 bridgehead atoms. The summed E-state index contributed by atoms with van der Waals surface area (Å²) in [6.07, 6.45) is -0.0760. The fourth-order valence-corrected chi connectivity index (χ4v) is 7.10. The molecule has 42 heavy (non-hydrogen) atoms. The lowest BCUT2D eigenvalue weighted by molar-refractivity contribution is -0.145. The molecular formula is C32H28ClNO7S. The van der Waals surface area contributed by atoms with Gasteiger partial charge in [-0.25, -0.2) is 8.42 Å². The summed E-state index contributed by atoms with van der Waals surface area (Å²) in [4.78, 5) is 24.5. The number of sulfonamides is 1. The van der Waals surface area contributed by atoms with Gasteiger partial charge in [0.1, 0.15) is 12.1 Å². The first kappa shape index (κ1) is 29.5. The van der Waals surface area contributed by atoms with Crippen molar-refractivity contribution in [3.8, 4) is 11.1 Å². The SMILES string of the molecule is O=C(O)CN(C1(C(=O)O)CC1c1ccccc1COCc1ccccc1)S(=O)(=O)c1ccc(-c2ccc(Cl)cc2)cc1. The first-order chi connectivity index (χ1) is 20.1. The minimum atomic E-state index is -4.53. The molecule has 216 valence electrons. The molecule has 0 saturated heterocycles. The van der Waals surface area contributed by atoms with Crippen LogP contribution in [0.1, 0.15) is 29.0 Å². The molecule has 1 fully saturated rings. The van der Waals surface area contributed by atoms with Crippen LogP contribution in [0.5, 0.6) is 0 Å². The molecule has 0 amide bonds. The molecule has 1 saturated carbocycles. The number of carbonyl (C=O) groups is 2. The molecule has 1 aliphatic carbocycles. The molecule has 10 heteroatoms. The molecule has 8 nitrogen and oxygen atoms in total. The zero-order chi connectivity index (χ0) is 29.9. The van der Waals surface area contributed by atoms with E-state index in [1.807, 2.05) is 30.3 Å². The number of hydrogen-bond donors (Lipinski definition) is 2. The van der Waals surface area contributed by atoms with Crippen LogP contribution in [-0.4, -0.2) is 47.0 Å². The van der Waals surface area contributed by atoms with E-state index in [1.54, 1.807) is 60.7 Å². The summed E-state index contributed by atoms with van der Waals surface area (Å²) < 4.78 is 34.3. The Hall–Kier alpha value is -4.02. The van der Waals surface area contributed by atoms with E-state index in [0.717, 1.165) is 16.7 Å². The Morgan fingerprint density at radius 2 is 1.43 bits per heavy atom. The molecule has 0 aromatic heterocycles. The highest BCUT2D eigenvalue weighted by Crippen LogP contribution is 2.58. The maximum absolute atomic E-state index is 13.9. The fourth-order valence-electron chi connectivity index (χ4n) is 5.25. The van der Waals surface area contributed by atoms with Crippen LogP contribution in [0.2, 0.25) is 5.02 Å². The van der Waals surface area contributed by atoms with Gasteiger partial charge in [0.15, 0.2) is 0 Å². The van der Waals surface area contributed by atoms with Gasteiger partial charge in [0.05, 0.1) is 18.1 Å². The van der Waals surface area contributed by atoms with Crippen LogP contribution >= 0.6 is 11.6 Å². The third kappa shape index (κ3) is 5.96. The van der Waals surface area contributed by atoms with Gasteiger partial charge in [-0.05, 0) is 58.5 Å². The van der Waals surface area contributed by atoms with Gasteiger partial charge in [-0.3, -0.25) is 9.59 Å². The van der Waals surface area contributed by atoms with Gasteiger partial charge in [0.25, 0.3) is 0 Å². The zero-order valence-corrected chi connectivity index (χ0v) is 24.0. The molecule has 2 N–H and O–H groups in total. The van der Waals surface area contributed by atoms with Crippen molar-refractivity contribution in [3.63, 3.8) is 0 Å². The predicted molar refractivity (Wildman–Crippen MR) is 158 cm³/mol. The van der Waals surface area contributed by atoms with Gasteiger partial charge < -0.3 is 14.9 Å². The Balaban J connectivity index is 1.44. The number of benzene rings is 4. The van der Waals surface area contributed by atoms with Gasteiger partial charge >= 0.3 is 11.9 Å². The Kier molecular flexibility index (Phi) is 8.47. The number of carboxylic acids is 2. The van der Waals surface area contributed by atoms with E-state index in [1.165, 1.54) is 12.1 Å². The van der Waals surface area contributed by atoms with E-state index >= 15 is 0 Å². The normalized spacial score (nSPS) is 18.1. The molecule has 0 radical (unpaired) electrons. The van der Waals surface area contributed by atoms with Crippen molar-refractivity contribution in [2.75, 3.05) is 6.54 Å². The number of hydrogen-bond acceptors (Lipinski definition) is 5. The average Bonchev–Trinajstić information content (AvgIpc) is 3.74. The van der Waals surface area contributed by atoms with Crippen LogP contribution < -0.4 is 0 Å². The summed E-state index contributed by atoms with van der Waals surface area (Å²) in [7, 11) is -4.53. The van der Waals surface area contributed by atoms with Crippen molar-refractivity contribution >= 4 is 33.6 Å². The third-order valence-corrected chi connectivity index (χ3v) is 9.60. The summed E-state index contributed by atoms with van der Waals surface area (Å²) in [6, 6.07) is 29.5. The highest BCUT2D eigenvalue weighted by Gasteiger charge is 2.68. The molecule has 0 spiro atoms. The first-order valence-corrected chi connectivity index (χ1v) is 15.0. The fraction of sp³-hybridized carbons (Fsp3) is 0.188. The topological polar surface area (TPSA) is 121 Å². The van der Waals surface area contributed by atoms with Gasteiger partial charge in [-0.15, -0.1) is 0 Å². The molecule has 0 heterocycles. The molecule has 0 aliphatic heterocycles. The maximum Gasteiger partial charge on any atom is 0.325 e. The third-order valence-electron chi connectivity index (χ3n) is 7.45. The Morgan fingerprint density at radius 1 is 0.833 bits per heavy atom. The van der Waals surface area contributed by atoms with Crippen LogP contribution in [0.4, 0.5) is 0 Å². The smallest absolute Gasteiger partial charge is 0.325 e. The lowest BCUT2D eigenvalue weighted by Crippen LogP contribution is -2.50. The van der Waals surface area contributed by atoms with Crippen LogP contribution in [0.15, 0.2) is 108 Å². The quantitative estimate of drug-likeness (QED) is 0.209. The second-order valence-corrected chi connectivity index (χ2v) is 12.4. The molecule has 2 atom stereocenters. The summed E-state index contributed by atoms with van der Waals surface area (Å²) >= 11 is 5.96. The molecule has 5 rings (SSSR count). The monoisotopic (exact) mass is 605 g/mol. The molecular weight excluding hydrogens is 578 g/mol. The van der Waals surface area contributed by atoms with Gasteiger partial charge in [0.2, 0.25) is 10.0 Å². The number of ether oxygens (including phenoxy) is 1. The lowest BCUT2D eigenvalue weighted by Gasteiger charge is -2.28. The van der Waals surface area contributed by atoms with E-state index < -0.39 is 40.0 Å². The zero-order valence-electron chi connectivity index (χ0n) is 22.4. The van der Waals surface area contributed by atoms with Crippen molar-refractivity contribution in [2.24, 2.45) is 0 Å². The molecule has 4 aromatic carbocycles. The minimum Gasteiger partial charge on any atom is -0.480 e. The van der Waals surface area contributed by atoms with Gasteiger partial charge in [-0.1, -0.05) is 90.5 Å². The molecule has 2 unspecified atom stereocenters. The summed E-state index contributed by atoms with van der Waals surface area (Å²) in [5, 5.41) is 20.7. The Bertz CT molecular complexity index is 1690. The number of nitrogens with zero attached hydrogens (tertiary/aromatic N) is 1. The van der Waals surface area contributed by atoms with E-state index in [9.17, 15) is 28.2 Å². The second-order valence-electron chi connectivity index (χ2n) is 10.1. The van der Waals surface area contributed by atoms with Crippen molar-refractivity contribution < 1.29 is 33.0 Å². The van der Waals surface area contributed by atoms with Crippen LogP contribution in [0.3, 0.4) is 0 Å². The number of carboxylic acid groups (broad SMARTS) is 2. The van der Waals surface area contributed by atoms with E-state index in [2.05, 4.69) is 0 Å². The van der Waals surface area contributed by atoms with Crippen molar-refractivity contribution in [1.29, 1.82) is 0 Å². The Morgan fingerprint density at radius 3 is 2.05 bits per heavy atom. The maximum atomic E-state index is 13.9. The second kappa shape index (κ2) is 12.1. The number of halogens is 1. The summed E-state index contributed by atoms with van der Waals surface area (Å²) in [6.45, 7) is -0.485. The summed E-state index contributed by atoms with van der Waals surface area (Å²) in [5.41, 5.74) is 1.85. The molecule has 1 aliphatic rings. The van der Waals surface area contributed by atoms with Crippen molar-refractivity contribution in [1.82, 2.24) is 4.31 Å². The average molecular weight is 606 g/mol. The van der Waals surface area contributed by atoms with Crippen molar-refractivity contribution in [2.45, 2.75) is 36.0 Å². The number of aliphatic carboxylic acids is 2. The highest BCUT2D eigenvalue weighted by atomic mass is 35.5. The Labute approximate surface area is 248 Å². The van der Waals surface area contributed by atoms with E-state index in [4.69, 9.17) is 16.3 Å². The standard InChI is InChI=1S/C32H28ClNO7S/c33-26-14-10-23(11-15-26)24-12-16-27(17-13-24)42(39,40)34(19-30(35)36)32(31(37)38)18-29(32)28-9-5-4-8-25(28)21-41-20-22-6-2-1-3-7-22/h1-17,29H,18-21H2,(H,35,36)(H,37,38). The summed E-state index contributed by atoms with van der Waals surface area (Å²) in [5.74, 6) is -3.63. The largest absolute Gasteiger partial charge is 0.480 e. The van der Waals surface area contributed by atoms with Gasteiger partial charge in [0, 0.05) is 10.9 Å². The van der Waals surface area contributed by atoms with Crippen LogP contribution in [0.25, 0.3) is 11.1 Å². The highest BCUT2D eigenvalue weighted by molar-refractivity contribution is 7.89. The first-order valence-electron chi connectivity index (χ1n) is 13.2. The van der Waals surface area contributed by atoms with Gasteiger partial charge in [-0.2, -0.15) is 4.31 Å². The van der Waals surface area contributed by atoms with E-state index in [-0.39, 0.29) is 17.9 Å².